The van der Waals surface area contributed by atoms with Crippen molar-refractivity contribution in [2.45, 2.75) is 24.9 Å². The minimum Gasteiger partial charge on any atom is -0.385 e. The molecule has 0 amide bonds. The van der Waals surface area contributed by atoms with Gasteiger partial charge >= 0.3 is 6.18 Å². The number of benzene rings is 1. The Kier molecular flexibility index (Phi) is 3.28. The van der Waals surface area contributed by atoms with Crippen LogP contribution in [0.15, 0.2) is 18.2 Å². The molecule has 0 saturated heterocycles. The first-order chi connectivity index (χ1) is 8.02. The number of halogens is 3. The zero-order valence-corrected chi connectivity index (χ0v) is 9.35. The lowest BCUT2D eigenvalue weighted by atomic mass is 9.93. The second kappa shape index (κ2) is 4.56. The molecule has 1 aliphatic rings. The highest BCUT2D eigenvalue weighted by Crippen LogP contribution is 2.36. The molecular weight excluding hydrogens is 229 g/mol. The van der Waals surface area contributed by atoms with Gasteiger partial charge in [0.25, 0.3) is 0 Å². The third-order valence-corrected chi connectivity index (χ3v) is 3.15. The first kappa shape index (κ1) is 12.2. The summed E-state index contributed by atoms with van der Waals surface area (Å²) >= 11 is 0. The average Bonchev–Trinajstić information content (AvgIpc) is 2.48. The lowest BCUT2D eigenvalue weighted by Crippen LogP contribution is -2.14. The first-order valence-electron chi connectivity index (χ1n) is 5.67. The maximum absolute atomic E-state index is 12.6. The van der Waals surface area contributed by atoms with Gasteiger partial charge in [0.05, 0.1) is 5.56 Å². The summed E-state index contributed by atoms with van der Waals surface area (Å²) in [5.41, 5.74) is 6.52. The summed E-state index contributed by atoms with van der Waals surface area (Å²) in [7, 11) is 0. The van der Waals surface area contributed by atoms with Crippen molar-refractivity contribution in [3.63, 3.8) is 0 Å². The summed E-state index contributed by atoms with van der Waals surface area (Å²) in [4.78, 5) is 0. The van der Waals surface area contributed by atoms with Gasteiger partial charge in [0.1, 0.15) is 0 Å². The Hall–Kier alpha value is -1.23. The van der Waals surface area contributed by atoms with Crippen LogP contribution in [0.25, 0.3) is 0 Å². The highest BCUT2D eigenvalue weighted by molar-refractivity contribution is 5.55. The number of alkyl halides is 3. The fourth-order valence-electron chi connectivity index (χ4n) is 2.21. The molecule has 0 spiro atoms. The van der Waals surface area contributed by atoms with Crippen molar-refractivity contribution in [1.82, 2.24) is 0 Å². The molecular formula is C12H15F3N2. The molecule has 2 rings (SSSR count). The topological polar surface area (TPSA) is 38.0 Å². The first-order valence-corrected chi connectivity index (χ1v) is 5.67. The van der Waals surface area contributed by atoms with Crippen LogP contribution in [0, 0.1) is 0 Å². The summed E-state index contributed by atoms with van der Waals surface area (Å²) in [6, 6.07) is 3.85. The SMILES string of the molecule is NCC1CCCNc2ccc(C(F)(F)F)cc21. The molecule has 0 bridgehead atoms. The average molecular weight is 244 g/mol. The molecule has 1 aromatic rings. The van der Waals surface area contributed by atoms with Crippen LogP contribution in [0.2, 0.25) is 0 Å². The second-order valence-corrected chi connectivity index (χ2v) is 4.30. The van der Waals surface area contributed by atoms with E-state index in [0.29, 0.717) is 12.1 Å². The number of rotatable bonds is 1. The molecule has 94 valence electrons. The van der Waals surface area contributed by atoms with E-state index in [0.717, 1.165) is 31.1 Å². The number of nitrogens with two attached hydrogens (primary N) is 1. The quantitative estimate of drug-likeness (QED) is 0.797. The van der Waals surface area contributed by atoms with Crippen LogP contribution in [0.3, 0.4) is 0 Å². The second-order valence-electron chi connectivity index (χ2n) is 4.30. The molecule has 0 radical (unpaired) electrons. The Morgan fingerprint density at radius 2 is 2.12 bits per heavy atom. The van der Waals surface area contributed by atoms with Crippen LogP contribution in [0.1, 0.15) is 29.9 Å². The maximum atomic E-state index is 12.6. The predicted octanol–water partition coefficient (Wildman–Crippen LogP) is 2.95. The van der Waals surface area contributed by atoms with E-state index in [2.05, 4.69) is 5.32 Å². The van der Waals surface area contributed by atoms with Crippen LogP contribution in [-0.2, 0) is 6.18 Å². The third kappa shape index (κ3) is 2.54. The number of anilines is 1. The highest BCUT2D eigenvalue weighted by Gasteiger charge is 2.32. The van der Waals surface area contributed by atoms with Gasteiger partial charge in [-0.25, -0.2) is 0 Å². The molecule has 1 unspecified atom stereocenters. The van der Waals surface area contributed by atoms with Crippen molar-refractivity contribution < 1.29 is 13.2 Å². The van der Waals surface area contributed by atoms with Crippen molar-refractivity contribution in [2.75, 3.05) is 18.4 Å². The molecule has 17 heavy (non-hydrogen) atoms. The van der Waals surface area contributed by atoms with Gasteiger partial charge in [-0.2, -0.15) is 13.2 Å². The van der Waals surface area contributed by atoms with Crippen LogP contribution >= 0.6 is 0 Å². The monoisotopic (exact) mass is 244 g/mol. The summed E-state index contributed by atoms with van der Waals surface area (Å²) in [5, 5.41) is 3.15. The molecule has 1 aliphatic heterocycles. The lowest BCUT2D eigenvalue weighted by molar-refractivity contribution is -0.137. The van der Waals surface area contributed by atoms with E-state index in [4.69, 9.17) is 5.73 Å². The summed E-state index contributed by atoms with van der Waals surface area (Å²) in [6.07, 6.45) is -2.53. The van der Waals surface area contributed by atoms with E-state index in [-0.39, 0.29) is 5.92 Å². The van der Waals surface area contributed by atoms with Crippen LogP contribution < -0.4 is 11.1 Å². The Labute approximate surface area is 98.0 Å². The van der Waals surface area contributed by atoms with E-state index in [1.54, 1.807) is 0 Å². The van der Waals surface area contributed by atoms with Crippen molar-refractivity contribution in [3.8, 4) is 0 Å². The lowest BCUT2D eigenvalue weighted by Gasteiger charge is -2.17. The molecule has 3 N–H and O–H groups in total. The van der Waals surface area contributed by atoms with Crippen molar-refractivity contribution in [1.29, 1.82) is 0 Å². The molecule has 0 saturated carbocycles. The molecule has 5 heteroatoms. The van der Waals surface area contributed by atoms with Crippen LogP contribution in [0.4, 0.5) is 18.9 Å². The minimum atomic E-state index is -4.29. The predicted molar refractivity (Wildman–Crippen MR) is 61.0 cm³/mol. The van der Waals surface area contributed by atoms with Crippen molar-refractivity contribution in [2.24, 2.45) is 5.73 Å². The van der Waals surface area contributed by atoms with Gasteiger partial charge in [-0.15, -0.1) is 0 Å². The minimum absolute atomic E-state index is 0.0160. The fourth-order valence-corrected chi connectivity index (χ4v) is 2.21. The third-order valence-electron chi connectivity index (χ3n) is 3.15. The molecule has 1 atom stereocenters. The Morgan fingerprint density at radius 3 is 2.76 bits per heavy atom. The van der Waals surface area contributed by atoms with E-state index in [9.17, 15) is 13.2 Å². The Balaban J connectivity index is 2.43. The van der Waals surface area contributed by atoms with E-state index in [1.807, 2.05) is 0 Å². The van der Waals surface area contributed by atoms with Gasteiger partial charge in [0.2, 0.25) is 0 Å². The highest BCUT2D eigenvalue weighted by atomic mass is 19.4. The van der Waals surface area contributed by atoms with Gasteiger partial charge in [-0.05, 0) is 49.1 Å². The molecule has 2 nitrogen and oxygen atoms in total. The van der Waals surface area contributed by atoms with E-state index < -0.39 is 11.7 Å². The summed E-state index contributed by atoms with van der Waals surface area (Å²) in [6.45, 7) is 1.17. The molecule has 1 heterocycles. The van der Waals surface area contributed by atoms with Crippen molar-refractivity contribution in [3.05, 3.63) is 29.3 Å². The summed E-state index contributed by atoms with van der Waals surface area (Å²) in [5.74, 6) is 0.0160. The standard InChI is InChI=1S/C12H15F3N2/c13-12(14,15)9-3-4-11-10(6-9)8(7-16)2-1-5-17-11/h3-4,6,8,17H,1-2,5,7,16H2. The van der Waals surface area contributed by atoms with Crippen LogP contribution in [0.5, 0.6) is 0 Å². The van der Waals surface area contributed by atoms with E-state index in [1.165, 1.54) is 12.1 Å². The zero-order valence-electron chi connectivity index (χ0n) is 9.35. The van der Waals surface area contributed by atoms with Crippen molar-refractivity contribution >= 4 is 5.69 Å². The maximum Gasteiger partial charge on any atom is 0.416 e. The Bertz CT molecular complexity index is 401. The fraction of sp³-hybridized carbons (Fsp3) is 0.500. The summed E-state index contributed by atoms with van der Waals surface area (Å²) < 4.78 is 37.9. The largest absolute Gasteiger partial charge is 0.416 e. The normalized spacial score (nSPS) is 20.4. The van der Waals surface area contributed by atoms with Crippen LogP contribution in [-0.4, -0.2) is 13.1 Å². The number of fused-ring (bicyclic) bond motifs is 1. The molecule has 1 aromatic carbocycles. The number of hydrogen-bond donors (Lipinski definition) is 2. The number of hydrogen-bond acceptors (Lipinski definition) is 2. The van der Waals surface area contributed by atoms with Gasteiger partial charge in [-0.1, -0.05) is 0 Å². The molecule has 0 fully saturated rings. The Morgan fingerprint density at radius 1 is 1.35 bits per heavy atom. The van der Waals surface area contributed by atoms with E-state index >= 15 is 0 Å². The van der Waals surface area contributed by atoms with Gasteiger partial charge in [0, 0.05) is 12.2 Å². The number of nitrogens with one attached hydrogen (secondary N) is 1. The molecule has 0 aromatic heterocycles. The van der Waals surface area contributed by atoms with Gasteiger partial charge in [0.15, 0.2) is 0 Å². The molecule has 0 aliphatic carbocycles. The van der Waals surface area contributed by atoms with Gasteiger partial charge < -0.3 is 11.1 Å². The smallest absolute Gasteiger partial charge is 0.385 e. The zero-order chi connectivity index (χ0) is 12.5. The van der Waals surface area contributed by atoms with Gasteiger partial charge in [-0.3, -0.25) is 0 Å².